The predicted octanol–water partition coefficient (Wildman–Crippen LogP) is 3.36. The number of amides is 1. The Kier molecular flexibility index (Phi) is 4.93. The summed E-state index contributed by atoms with van der Waals surface area (Å²) in [5, 5.41) is 2.82. The molecule has 4 nitrogen and oxygen atoms in total. The van der Waals surface area contributed by atoms with Crippen LogP contribution < -0.4 is 16.6 Å². The highest BCUT2D eigenvalue weighted by Gasteiger charge is 2.17. The Balaban J connectivity index is 2.20. The summed E-state index contributed by atoms with van der Waals surface area (Å²) >= 11 is 3.39. The van der Waals surface area contributed by atoms with Crippen molar-refractivity contribution in [3.05, 3.63) is 63.9 Å². The molecule has 0 aliphatic heterocycles. The van der Waals surface area contributed by atoms with Crippen LogP contribution in [0.3, 0.4) is 0 Å². The molecule has 1 atom stereocenters. The maximum Gasteiger partial charge on any atom is 0.254 e. The normalized spacial score (nSPS) is 11.8. The van der Waals surface area contributed by atoms with Gasteiger partial charge in [-0.3, -0.25) is 10.6 Å². The lowest BCUT2D eigenvalue weighted by molar-refractivity contribution is 0.0940. The Morgan fingerprint density at radius 1 is 1.29 bits per heavy atom. The molecule has 0 bridgehead atoms. The van der Waals surface area contributed by atoms with E-state index in [0.29, 0.717) is 0 Å². The van der Waals surface area contributed by atoms with Crippen molar-refractivity contribution in [1.29, 1.82) is 0 Å². The van der Waals surface area contributed by atoms with Crippen molar-refractivity contribution in [3.8, 4) is 0 Å². The first-order valence-electron chi connectivity index (χ1n) is 6.34. The number of nitrogens with one attached hydrogen (secondary N) is 2. The van der Waals surface area contributed by atoms with Crippen molar-refractivity contribution in [2.45, 2.75) is 13.0 Å². The number of carbonyl (C=O) groups is 1. The highest BCUT2D eigenvalue weighted by Crippen LogP contribution is 2.21. The zero-order chi connectivity index (χ0) is 15.4. The second-order valence-corrected chi connectivity index (χ2v) is 5.47. The Labute approximate surface area is 130 Å². The molecule has 0 aliphatic carbocycles. The summed E-state index contributed by atoms with van der Waals surface area (Å²) in [5.41, 5.74) is 3.31. The molecule has 0 heterocycles. The molecule has 0 aromatic heterocycles. The number of hydrogen-bond acceptors (Lipinski definition) is 3. The van der Waals surface area contributed by atoms with Crippen molar-refractivity contribution >= 4 is 27.5 Å². The molecule has 0 saturated carbocycles. The Morgan fingerprint density at radius 2 is 2.00 bits per heavy atom. The maximum atomic E-state index is 13.6. The lowest BCUT2D eigenvalue weighted by Crippen LogP contribution is -2.28. The largest absolute Gasteiger partial charge is 0.345 e. The van der Waals surface area contributed by atoms with Gasteiger partial charge in [-0.1, -0.05) is 34.1 Å². The van der Waals surface area contributed by atoms with E-state index in [1.807, 2.05) is 31.2 Å². The number of rotatable bonds is 4. The van der Waals surface area contributed by atoms with Crippen LogP contribution >= 0.6 is 15.9 Å². The number of hydrogen-bond donors (Lipinski definition) is 3. The lowest BCUT2D eigenvalue weighted by Gasteiger charge is -2.16. The Bertz CT molecular complexity index is 663. The smallest absolute Gasteiger partial charge is 0.254 e. The van der Waals surface area contributed by atoms with Gasteiger partial charge >= 0.3 is 0 Å². The summed E-state index contributed by atoms with van der Waals surface area (Å²) in [6.07, 6.45) is 0. The highest BCUT2D eigenvalue weighted by atomic mass is 79.9. The van der Waals surface area contributed by atoms with Crippen LogP contribution in [0.4, 0.5) is 10.1 Å². The first kappa shape index (κ1) is 15.5. The van der Waals surface area contributed by atoms with Crippen molar-refractivity contribution in [1.82, 2.24) is 5.32 Å². The standard InChI is InChI=1S/C15H15BrFN3O/c1-9(10-4-2-5-11(16)8-10)19-15(21)12-6-3-7-13(17)14(12)20-18/h2-9,20H,18H2,1H3,(H,19,21). The quantitative estimate of drug-likeness (QED) is 0.584. The van der Waals surface area contributed by atoms with Crippen LogP contribution in [0.2, 0.25) is 0 Å². The van der Waals surface area contributed by atoms with E-state index >= 15 is 0 Å². The van der Waals surface area contributed by atoms with E-state index in [2.05, 4.69) is 26.7 Å². The number of para-hydroxylation sites is 1. The predicted molar refractivity (Wildman–Crippen MR) is 84.2 cm³/mol. The molecule has 2 aromatic carbocycles. The molecular weight excluding hydrogens is 337 g/mol. The summed E-state index contributed by atoms with van der Waals surface area (Å²) < 4.78 is 14.5. The molecule has 1 unspecified atom stereocenters. The molecule has 0 fully saturated rings. The number of hydrazine groups is 1. The number of halogens is 2. The average molecular weight is 352 g/mol. The number of nitrogen functional groups attached to an aromatic ring is 1. The fourth-order valence-electron chi connectivity index (χ4n) is 1.99. The van der Waals surface area contributed by atoms with E-state index in [9.17, 15) is 9.18 Å². The minimum atomic E-state index is -0.569. The number of nitrogens with two attached hydrogens (primary N) is 1. The van der Waals surface area contributed by atoms with Crippen molar-refractivity contribution < 1.29 is 9.18 Å². The maximum absolute atomic E-state index is 13.6. The van der Waals surface area contributed by atoms with Crippen LogP contribution in [0.5, 0.6) is 0 Å². The first-order chi connectivity index (χ1) is 10.0. The van der Waals surface area contributed by atoms with Gasteiger partial charge in [0.1, 0.15) is 5.82 Å². The molecule has 4 N–H and O–H groups in total. The molecule has 0 aliphatic rings. The second-order valence-electron chi connectivity index (χ2n) is 4.56. The molecule has 21 heavy (non-hydrogen) atoms. The Morgan fingerprint density at radius 3 is 2.67 bits per heavy atom. The van der Waals surface area contributed by atoms with E-state index in [1.54, 1.807) is 0 Å². The third kappa shape index (κ3) is 3.59. The van der Waals surface area contributed by atoms with Gasteiger partial charge in [-0.2, -0.15) is 0 Å². The van der Waals surface area contributed by atoms with Gasteiger partial charge in [0, 0.05) is 4.47 Å². The van der Waals surface area contributed by atoms with Crippen LogP contribution in [0.1, 0.15) is 28.9 Å². The zero-order valence-corrected chi connectivity index (χ0v) is 12.9. The third-order valence-electron chi connectivity index (χ3n) is 3.10. The SMILES string of the molecule is CC(NC(=O)c1cccc(F)c1NN)c1cccc(Br)c1. The monoisotopic (exact) mass is 351 g/mol. The summed E-state index contributed by atoms with van der Waals surface area (Å²) in [6, 6.07) is 11.6. The lowest BCUT2D eigenvalue weighted by atomic mass is 10.1. The molecule has 2 aromatic rings. The van der Waals surface area contributed by atoms with Gasteiger partial charge in [0.2, 0.25) is 0 Å². The molecule has 0 spiro atoms. The summed E-state index contributed by atoms with van der Waals surface area (Å²) in [5.74, 6) is 4.31. The Hall–Kier alpha value is -1.92. The van der Waals surface area contributed by atoms with Gasteiger partial charge in [0.25, 0.3) is 5.91 Å². The van der Waals surface area contributed by atoms with Gasteiger partial charge < -0.3 is 10.7 Å². The van der Waals surface area contributed by atoms with Gasteiger partial charge in [-0.15, -0.1) is 0 Å². The van der Waals surface area contributed by atoms with Crippen molar-refractivity contribution in [2.75, 3.05) is 5.43 Å². The van der Waals surface area contributed by atoms with E-state index < -0.39 is 11.7 Å². The van der Waals surface area contributed by atoms with E-state index in [-0.39, 0.29) is 17.3 Å². The van der Waals surface area contributed by atoms with Crippen molar-refractivity contribution in [2.24, 2.45) is 5.84 Å². The first-order valence-corrected chi connectivity index (χ1v) is 7.13. The summed E-state index contributed by atoms with van der Waals surface area (Å²) in [6.45, 7) is 1.86. The van der Waals surface area contributed by atoms with Gasteiger partial charge in [0.15, 0.2) is 0 Å². The van der Waals surface area contributed by atoms with Gasteiger partial charge in [-0.25, -0.2) is 4.39 Å². The van der Waals surface area contributed by atoms with Crippen molar-refractivity contribution in [3.63, 3.8) is 0 Å². The minimum absolute atomic E-state index is 0.0172. The zero-order valence-electron chi connectivity index (χ0n) is 11.4. The minimum Gasteiger partial charge on any atom is -0.345 e. The van der Waals surface area contributed by atoms with Crippen LogP contribution in [0.15, 0.2) is 46.9 Å². The highest BCUT2D eigenvalue weighted by molar-refractivity contribution is 9.10. The van der Waals surface area contributed by atoms with E-state index in [1.165, 1.54) is 18.2 Å². The summed E-state index contributed by atoms with van der Waals surface area (Å²) in [4.78, 5) is 12.3. The van der Waals surface area contributed by atoms with Crippen LogP contribution in [-0.4, -0.2) is 5.91 Å². The molecule has 1 amide bonds. The van der Waals surface area contributed by atoms with Gasteiger partial charge in [0.05, 0.1) is 17.3 Å². The molecule has 2 rings (SSSR count). The van der Waals surface area contributed by atoms with E-state index in [0.717, 1.165) is 10.0 Å². The fourth-order valence-corrected chi connectivity index (χ4v) is 2.41. The fraction of sp³-hybridized carbons (Fsp3) is 0.133. The number of benzene rings is 2. The molecule has 0 radical (unpaired) electrons. The molecule has 6 heteroatoms. The van der Waals surface area contributed by atoms with Crippen LogP contribution in [0.25, 0.3) is 0 Å². The van der Waals surface area contributed by atoms with E-state index in [4.69, 9.17) is 5.84 Å². The van der Waals surface area contributed by atoms with Gasteiger partial charge in [-0.05, 0) is 36.8 Å². The third-order valence-corrected chi connectivity index (χ3v) is 3.59. The molecule has 0 saturated heterocycles. The van der Waals surface area contributed by atoms with Crippen LogP contribution in [0, 0.1) is 5.82 Å². The van der Waals surface area contributed by atoms with Crippen LogP contribution in [-0.2, 0) is 0 Å². The molecule has 110 valence electrons. The molecular formula is C15H15BrFN3O. The number of carbonyl (C=O) groups excluding carboxylic acids is 1. The summed E-state index contributed by atoms with van der Waals surface area (Å²) in [7, 11) is 0. The average Bonchev–Trinajstić information content (AvgIpc) is 2.46. The second kappa shape index (κ2) is 6.69. The topological polar surface area (TPSA) is 67.2 Å². The number of anilines is 1.